The SMILES string of the molecule is Cc1c(-c2sccc2Cl)noc1N. The summed E-state index contributed by atoms with van der Waals surface area (Å²) in [6.45, 7) is 1.86. The molecule has 2 N–H and O–H groups in total. The minimum absolute atomic E-state index is 0.347. The van der Waals surface area contributed by atoms with Crippen LogP contribution in [0.15, 0.2) is 16.0 Å². The van der Waals surface area contributed by atoms with Crippen molar-refractivity contribution in [2.24, 2.45) is 0 Å². The Morgan fingerprint density at radius 3 is 2.85 bits per heavy atom. The highest BCUT2D eigenvalue weighted by molar-refractivity contribution is 7.14. The lowest BCUT2D eigenvalue weighted by Crippen LogP contribution is -1.83. The van der Waals surface area contributed by atoms with Gasteiger partial charge in [-0.3, -0.25) is 0 Å². The van der Waals surface area contributed by atoms with Gasteiger partial charge < -0.3 is 10.3 Å². The zero-order valence-electron chi connectivity index (χ0n) is 6.87. The topological polar surface area (TPSA) is 52.0 Å². The van der Waals surface area contributed by atoms with Crippen molar-refractivity contribution < 1.29 is 4.52 Å². The fourth-order valence-electron chi connectivity index (χ4n) is 1.02. The number of hydrogen-bond donors (Lipinski definition) is 1. The molecule has 0 bridgehead atoms. The van der Waals surface area contributed by atoms with Crippen LogP contribution in [0.5, 0.6) is 0 Å². The number of nitrogens with two attached hydrogens (primary N) is 1. The molecule has 3 nitrogen and oxygen atoms in total. The fourth-order valence-corrected chi connectivity index (χ4v) is 2.21. The van der Waals surface area contributed by atoms with E-state index in [1.807, 2.05) is 18.4 Å². The van der Waals surface area contributed by atoms with Crippen molar-refractivity contribution in [1.29, 1.82) is 0 Å². The first-order valence-electron chi connectivity index (χ1n) is 3.65. The Morgan fingerprint density at radius 2 is 2.38 bits per heavy atom. The third-order valence-corrected chi connectivity index (χ3v) is 3.14. The quantitative estimate of drug-likeness (QED) is 0.794. The monoisotopic (exact) mass is 214 g/mol. The van der Waals surface area contributed by atoms with Crippen molar-refractivity contribution in [3.05, 3.63) is 22.0 Å². The molecule has 2 heterocycles. The lowest BCUT2D eigenvalue weighted by Gasteiger charge is -1.92. The smallest absolute Gasteiger partial charge is 0.225 e. The van der Waals surface area contributed by atoms with Crippen molar-refractivity contribution in [2.75, 3.05) is 5.73 Å². The Kier molecular flexibility index (Phi) is 2.01. The maximum absolute atomic E-state index is 5.94. The molecule has 2 rings (SSSR count). The first-order chi connectivity index (χ1) is 6.20. The summed E-state index contributed by atoms with van der Waals surface area (Å²) in [5.74, 6) is 0.347. The largest absolute Gasteiger partial charge is 0.367 e. The van der Waals surface area contributed by atoms with Crippen molar-refractivity contribution in [3.8, 4) is 10.6 Å². The van der Waals surface area contributed by atoms with Gasteiger partial charge in [0.25, 0.3) is 0 Å². The van der Waals surface area contributed by atoms with E-state index in [0.29, 0.717) is 10.9 Å². The molecule has 13 heavy (non-hydrogen) atoms. The molecule has 68 valence electrons. The molecule has 0 spiro atoms. The van der Waals surface area contributed by atoms with Gasteiger partial charge in [0, 0.05) is 5.56 Å². The molecule has 0 amide bonds. The molecule has 2 aromatic rings. The average molecular weight is 215 g/mol. The predicted molar refractivity (Wildman–Crippen MR) is 54.0 cm³/mol. The van der Waals surface area contributed by atoms with Crippen LogP contribution in [-0.2, 0) is 0 Å². The molecule has 0 aliphatic carbocycles. The zero-order chi connectivity index (χ0) is 9.42. The first-order valence-corrected chi connectivity index (χ1v) is 4.91. The number of nitrogen functional groups attached to an aromatic ring is 1. The van der Waals surface area contributed by atoms with Crippen LogP contribution in [0.1, 0.15) is 5.56 Å². The molecule has 0 saturated carbocycles. The second-order valence-corrected chi connectivity index (χ2v) is 3.94. The van der Waals surface area contributed by atoms with E-state index in [-0.39, 0.29) is 0 Å². The molecule has 0 fully saturated rings. The number of anilines is 1. The molecule has 0 unspecified atom stereocenters. The summed E-state index contributed by atoms with van der Waals surface area (Å²) in [6.07, 6.45) is 0. The van der Waals surface area contributed by atoms with Crippen LogP contribution in [0, 0.1) is 6.92 Å². The standard InChI is InChI=1S/C8H7ClN2OS/c1-4-6(11-12-8(4)10)7-5(9)2-3-13-7/h2-3H,10H2,1H3. The number of thiophene rings is 1. The van der Waals surface area contributed by atoms with Crippen molar-refractivity contribution in [3.63, 3.8) is 0 Å². The summed E-state index contributed by atoms with van der Waals surface area (Å²) in [5.41, 5.74) is 7.10. The molecule has 5 heteroatoms. The highest BCUT2D eigenvalue weighted by Crippen LogP contribution is 2.35. The van der Waals surface area contributed by atoms with Gasteiger partial charge in [0.1, 0.15) is 5.69 Å². The number of halogens is 1. The number of nitrogens with zero attached hydrogens (tertiary/aromatic N) is 1. The Morgan fingerprint density at radius 1 is 1.62 bits per heavy atom. The second-order valence-electron chi connectivity index (χ2n) is 2.62. The first kappa shape index (κ1) is 8.59. The van der Waals surface area contributed by atoms with E-state index < -0.39 is 0 Å². The minimum atomic E-state index is 0.347. The average Bonchev–Trinajstić information content (AvgIpc) is 2.62. The minimum Gasteiger partial charge on any atom is -0.367 e. The highest BCUT2D eigenvalue weighted by Gasteiger charge is 2.14. The Bertz CT molecular complexity index is 435. The van der Waals surface area contributed by atoms with Crippen LogP contribution in [0.3, 0.4) is 0 Å². The van der Waals surface area contributed by atoms with E-state index in [0.717, 1.165) is 16.1 Å². The van der Waals surface area contributed by atoms with Gasteiger partial charge in [-0.25, -0.2) is 0 Å². The Labute approximate surface area is 84.1 Å². The van der Waals surface area contributed by atoms with Crippen molar-refractivity contribution >= 4 is 28.8 Å². The van der Waals surface area contributed by atoms with E-state index in [9.17, 15) is 0 Å². The Balaban J connectivity index is 2.59. The van der Waals surface area contributed by atoms with Crippen molar-refractivity contribution in [1.82, 2.24) is 5.16 Å². The van der Waals surface area contributed by atoms with E-state index in [4.69, 9.17) is 21.9 Å². The van der Waals surface area contributed by atoms with Gasteiger partial charge in [0.05, 0.1) is 9.90 Å². The zero-order valence-corrected chi connectivity index (χ0v) is 8.45. The number of aromatic nitrogens is 1. The van der Waals surface area contributed by atoms with Gasteiger partial charge >= 0.3 is 0 Å². The van der Waals surface area contributed by atoms with Gasteiger partial charge in [-0.1, -0.05) is 16.8 Å². The highest BCUT2D eigenvalue weighted by atomic mass is 35.5. The van der Waals surface area contributed by atoms with Crippen LogP contribution in [0.2, 0.25) is 5.02 Å². The van der Waals surface area contributed by atoms with Crippen LogP contribution >= 0.6 is 22.9 Å². The maximum atomic E-state index is 5.94. The summed E-state index contributed by atoms with van der Waals surface area (Å²) in [6, 6.07) is 1.83. The molecule has 2 aromatic heterocycles. The third-order valence-electron chi connectivity index (χ3n) is 1.79. The van der Waals surface area contributed by atoms with E-state index >= 15 is 0 Å². The second kappa shape index (κ2) is 3.05. The summed E-state index contributed by atoms with van der Waals surface area (Å²) < 4.78 is 4.85. The number of hydrogen-bond acceptors (Lipinski definition) is 4. The van der Waals surface area contributed by atoms with Crippen LogP contribution in [-0.4, -0.2) is 5.16 Å². The van der Waals surface area contributed by atoms with Gasteiger partial charge in [0.15, 0.2) is 0 Å². The van der Waals surface area contributed by atoms with Gasteiger partial charge in [0.2, 0.25) is 5.88 Å². The Hall–Kier alpha value is -1.00. The molecular weight excluding hydrogens is 208 g/mol. The number of rotatable bonds is 1. The summed E-state index contributed by atoms with van der Waals surface area (Å²) >= 11 is 7.46. The molecule has 0 radical (unpaired) electrons. The maximum Gasteiger partial charge on any atom is 0.225 e. The lowest BCUT2D eigenvalue weighted by molar-refractivity contribution is 0.439. The van der Waals surface area contributed by atoms with Crippen LogP contribution < -0.4 is 5.73 Å². The summed E-state index contributed by atoms with van der Waals surface area (Å²) in [7, 11) is 0. The normalized spacial score (nSPS) is 10.6. The van der Waals surface area contributed by atoms with E-state index in [1.165, 1.54) is 11.3 Å². The molecular formula is C8H7ClN2OS. The lowest BCUT2D eigenvalue weighted by atomic mass is 10.2. The van der Waals surface area contributed by atoms with Crippen LogP contribution in [0.4, 0.5) is 5.88 Å². The van der Waals surface area contributed by atoms with Crippen molar-refractivity contribution in [2.45, 2.75) is 6.92 Å². The fraction of sp³-hybridized carbons (Fsp3) is 0.125. The summed E-state index contributed by atoms with van der Waals surface area (Å²) in [4.78, 5) is 0.902. The molecule has 0 aromatic carbocycles. The molecule has 0 aliphatic heterocycles. The van der Waals surface area contributed by atoms with Crippen LogP contribution in [0.25, 0.3) is 10.6 Å². The van der Waals surface area contributed by atoms with Gasteiger partial charge in [-0.15, -0.1) is 11.3 Å². The molecule has 0 saturated heterocycles. The van der Waals surface area contributed by atoms with E-state index in [2.05, 4.69) is 5.16 Å². The summed E-state index contributed by atoms with van der Waals surface area (Å²) in [5, 5.41) is 6.43. The molecule has 0 aliphatic rings. The molecule has 0 atom stereocenters. The van der Waals surface area contributed by atoms with Gasteiger partial charge in [-0.05, 0) is 18.4 Å². The van der Waals surface area contributed by atoms with Gasteiger partial charge in [-0.2, -0.15) is 0 Å². The predicted octanol–water partition coefficient (Wildman–Crippen LogP) is 2.95. The van der Waals surface area contributed by atoms with E-state index in [1.54, 1.807) is 0 Å². The third kappa shape index (κ3) is 1.32.